The molecule has 1 atom stereocenters. The summed E-state index contributed by atoms with van der Waals surface area (Å²) in [4.78, 5) is 13.7. The molecule has 1 aliphatic rings. The molecule has 0 spiro atoms. The van der Waals surface area contributed by atoms with Crippen molar-refractivity contribution in [3.63, 3.8) is 0 Å². The molecule has 1 heterocycles. The molecule has 37 heavy (non-hydrogen) atoms. The molecular formula is C30H26F3NO3. The molecule has 2 N–H and O–H groups in total. The Kier molecular flexibility index (Phi) is 7.15. The number of nitrogens with one attached hydrogen (secondary N) is 1. The summed E-state index contributed by atoms with van der Waals surface area (Å²) in [6, 6.07) is 15.8. The number of benzene rings is 4. The van der Waals surface area contributed by atoms with Crippen LogP contribution in [-0.4, -0.2) is 30.1 Å². The molecule has 0 aliphatic carbocycles. The number of phenols is 1. The van der Waals surface area contributed by atoms with E-state index in [-0.39, 0.29) is 22.4 Å². The van der Waals surface area contributed by atoms with Gasteiger partial charge in [-0.3, -0.25) is 4.79 Å². The molecule has 1 fully saturated rings. The van der Waals surface area contributed by atoms with Gasteiger partial charge < -0.3 is 15.2 Å². The van der Waals surface area contributed by atoms with E-state index in [1.54, 1.807) is 30.3 Å². The molecular weight excluding hydrogens is 479 g/mol. The lowest BCUT2D eigenvalue weighted by molar-refractivity contribution is 0.104. The van der Waals surface area contributed by atoms with Gasteiger partial charge >= 0.3 is 0 Å². The average molecular weight is 506 g/mol. The van der Waals surface area contributed by atoms with Crippen molar-refractivity contribution in [3.05, 3.63) is 95.3 Å². The third-order valence-electron chi connectivity index (χ3n) is 6.78. The zero-order valence-electron chi connectivity index (χ0n) is 20.1. The number of halogens is 3. The van der Waals surface area contributed by atoms with Crippen LogP contribution >= 0.6 is 0 Å². The predicted molar refractivity (Wildman–Crippen MR) is 137 cm³/mol. The highest BCUT2D eigenvalue weighted by molar-refractivity contribution is 6.20. The molecule has 1 aliphatic heterocycles. The van der Waals surface area contributed by atoms with Crippen molar-refractivity contribution in [2.45, 2.75) is 31.7 Å². The number of carbonyl (C=O) groups is 1. The van der Waals surface area contributed by atoms with Crippen LogP contribution < -0.4 is 10.1 Å². The van der Waals surface area contributed by atoms with Crippen molar-refractivity contribution in [3.8, 4) is 22.6 Å². The Hall–Kier alpha value is -3.84. The SMILES string of the molecule is O=C(c1ccc(OCCC2CCCCN2)cc1)c1c(-c2cc(F)cc(F)c2F)ccc2cc(O)ccc12. The Labute approximate surface area is 212 Å². The van der Waals surface area contributed by atoms with Gasteiger partial charge in [0.05, 0.1) is 6.61 Å². The molecule has 4 nitrogen and oxygen atoms in total. The van der Waals surface area contributed by atoms with E-state index in [1.807, 2.05) is 0 Å². The number of ketones is 1. The van der Waals surface area contributed by atoms with Gasteiger partial charge in [0.15, 0.2) is 17.4 Å². The van der Waals surface area contributed by atoms with E-state index in [9.17, 15) is 23.1 Å². The minimum Gasteiger partial charge on any atom is -0.508 e. The van der Waals surface area contributed by atoms with Gasteiger partial charge in [-0.1, -0.05) is 18.6 Å². The van der Waals surface area contributed by atoms with Crippen LogP contribution in [0.4, 0.5) is 13.2 Å². The summed E-state index contributed by atoms with van der Waals surface area (Å²) in [5, 5.41) is 14.3. The number of aromatic hydroxyl groups is 1. The van der Waals surface area contributed by atoms with E-state index in [0.29, 0.717) is 40.8 Å². The van der Waals surface area contributed by atoms with Gasteiger partial charge in [-0.05, 0) is 90.7 Å². The van der Waals surface area contributed by atoms with Crippen LogP contribution in [0.3, 0.4) is 0 Å². The maximum atomic E-state index is 14.8. The minimum absolute atomic E-state index is 0.00782. The number of hydrogen-bond donors (Lipinski definition) is 2. The molecule has 0 saturated carbocycles. The number of fused-ring (bicyclic) bond motifs is 1. The average Bonchev–Trinajstić information content (AvgIpc) is 2.90. The molecule has 4 aromatic rings. The summed E-state index contributed by atoms with van der Waals surface area (Å²) in [5.41, 5.74) is 0.0883. The summed E-state index contributed by atoms with van der Waals surface area (Å²) in [6.07, 6.45) is 4.45. The van der Waals surface area contributed by atoms with E-state index in [0.717, 1.165) is 25.5 Å². The van der Waals surface area contributed by atoms with Crippen LogP contribution in [-0.2, 0) is 0 Å². The number of phenolic OH excluding ortho intramolecular Hbond substituents is 1. The number of ether oxygens (including phenoxy) is 1. The first-order valence-electron chi connectivity index (χ1n) is 12.3. The Balaban J connectivity index is 1.47. The van der Waals surface area contributed by atoms with Gasteiger partial charge in [0.25, 0.3) is 0 Å². The lowest BCUT2D eigenvalue weighted by atomic mass is 9.89. The summed E-state index contributed by atoms with van der Waals surface area (Å²) in [6.45, 7) is 1.58. The Morgan fingerprint density at radius 3 is 2.51 bits per heavy atom. The summed E-state index contributed by atoms with van der Waals surface area (Å²) in [7, 11) is 0. The fourth-order valence-electron chi connectivity index (χ4n) is 4.87. The molecule has 0 radical (unpaired) electrons. The molecule has 0 amide bonds. The van der Waals surface area contributed by atoms with Gasteiger partial charge in [-0.2, -0.15) is 0 Å². The molecule has 1 saturated heterocycles. The monoisotopic (exact) mass is 505 g/mol. The van der Waals surface area contributed by atoms with E-state index < -0.39 is 23.2 Å². The Bertz CT molecular complexity index is 1450. The van der Waals surface area contributed by atoms with Crippen LogP contribution in [0.5, 0.6) is 11.5 Å². The summed E-state index contributed by atoms with van der Waals surface area (Å²) < 4.78 is 48.7. The first kappa shape index (κ1) is 24.8. The Morgan fingerprint density at radius 1 is 0.946 bits per heavy atom. The fraction of sp³-hybridized carbons (Fsp3) is 0.233. The third-order valence-corrected chi connectivity index (χ3v) is 6.78. The lowest BCUT2D eigenvalue weighted by Crippen LogP contribution is -2.35. The highest BCUT2D eigenvalue weighted by Crippen LogP contribution is 2.36. The van der Waals surface area contributed by atoms with Gasteiger partial charge in [0.2, 0.25) is 0 Å². The van der Waals surface area contributed by atoms with E-state index in [2.05, 4.69) is 5.32 Å². The zero-order chi connectivity index (χ0) is 25.9. The van der Waals surface area contributed by atoms with Crippen LogP contribution in [0.2, 0.25) is 0 Å². The normalized spacial score (nSPS) is 15.6. The van der Waals surface area contributed by atoms with Gasteiger partial charge in [0, 0.05) is 28.8 Å². The van der Waals surface area contributed by atoms with Crippen molar-refractivity contribution in [2.24, 2.45) is 0 Å². The number of rotatable bonds is 7. The first-order valence-corrected chi connectivity index (χ1v) is 12.3. The van der Waals surface area contributed by atoms with Crippen molar-refractivity contribution < 1.29 is 27.8 Å². The van der Waals surface area contributed by atoms with E-state index in [1.165, 1.54) is 37.1 Å². The molecule has 0 aromatic heterocycles. The third kappa shape index (κ3) is 5.32. The van der Waals surface area contributed by atoms with Crippen LogP contribution in [0, 0.1) is 17.5 Å². The standard InChI is InChI=1S/C30H26F3NO3/c31-20-16-26(29(33)27(32)17-20)25-10-6-19-15-22(35)7-11-24(19)28(25)30(36)18-4-8-23(9-5-18)37-14-12-21-3-1-2-13-34-21/h4-11,15-17,21,34-35H,1-3,12-14H2. The first-order chi connectivity index (χ1) is 17.9. The molecule has 1 unspecified atom stereocenters. The highest BCUT2D eigenvalue weighted by Gasteiger charge is 2.23. The maximum absolute atomic E-state index is 14.8. The zero-order valence-corrected chi connectivity index (χ0v) is 20.1. The highest BCUT2D eigenvalue weighted by atomic mass is 19.2. The van der Waals surface area contributed by atoms with Crippen molar-refractivity contribution in [2.75, 3.05) is 13.2 Å². The van der Waals surface area contributed by atoms with Crippen molar-refractivity contribution in [1.82, 2.24) is 5.32 Å². The quantitative estimate of drug-likeness (QED) is 0.215. The van der Waals surface area contributed by atoms with Crippen LogP contribution in [0.15, 0.2) is 66.7 Å². The molecule has 190 valence electrons. The van der Waals surface area contributed by atoms with E-state index >= 15 is 0 Å². The number of piperidine rings is 1. The summed E-state index contributed by atoms with van der Waals surface area (Å²) >= 11 is 0. The second-order valence-electron chi connectivity index (χ2n) is 9.28. The second-order valence-corrected chi connectivity index (χ2v) is 9.28. The number of carbonyl (C=O) groups excluding carboxylic acids is 1. The number of hydrogen-bond acceptors (Lipinski definition) is 4. The van der Waals surface area contributed by atoms with Gasteiger partial charge in [0.1, 0.15) is 17.3 Å². The Morgan fingerprint density at radius 2 is 1.76 bits per heavy atom. The lowest BCUT2D eigenvalue weighted by Gasteiger charge is -2.23. The van der Waals surface area contributed by atoms with Crippen molar-refractivity contribution in [1.29, 1.82) is 0 Å². The maximum Gasteiger partial charge on any atom is 0.194 e. The van der Waals surface area contributed by atoms with Gasteiger partial charge in [-0.25, -0.2) is 13.2 Å². The predicted octanol–water partition coefficient (Wildman–Crippen LogP) is 6.77. The van der Waals surface area contributed by atoms with E-state index in [4.69, 9.17) is 4.74 Å². The second kappa shape index (κ2) is 10.6. The fourth-order valence-corrected chi connectivity index (χ4v) is 4.87. The van der Waals surface area contributed by atoms with Gasteiger partial charge in [-0.15, -0.1) is 0 Å². The minimum atomic E-state index is -1.34. The molecule has 7 heteroatoms. The van der Waals surface area contributed by atoms with Crippen molar-refractivity contribution >= 4 is 16.6 Å². The van der Waals surface area contributed by atoms with Crippen LogP contribution in [0.25, 0.3) is 21.9 Å². The molecule has 4 aromatic carbocycles. The summed E-state index contributed by atoms with van der Waals surface area (Å²) in [5.74, 6) is -3.38. The van der Waals surface area contributed by atoms with Crippen LogP contribution in [0.1, 0.15) is 41.6 Å². The smallest absolute Gasteiger partial charge is 0.194 e. The molecule has 5 rings (SSSR count). The largest absolute Gasteiger partial charge is 0.508 e. The molecule has 0 bridgehead atoms. The topological polar surface area (TPSA) is 58.6 Å².